The molecule has 37 heavy (non-hydrogen) atoms. The molecule has 2 amide bonds. The maximum atomic E-state index is 12.9. The topological polar surface area (TPSA) is 113 Å². The molecule has 196 valence electrons. The van der Waals surface area contributed by atoms with Crippen molar-refractivity contribution in [2.75, 3.05) is 32.1 Å². The monoisotopic (exact) mass is 505 g/mol. The molecule has 1 fully saturated rings. The third kappa shape index (κ3) is 5.27. The number of aromatic nitrogens is 2. The number of carbonyl (C=O) groups is 1. The van der Waals surface area contributed by atoms with Crippen LogP contribution in [0, 0.1) is 5.92 Å². The number of likely N-dealkylation sites (tertiary alicyclic amines) is 1. The number of urea groups is 1. The maximum Gasteiger partial charge on any atom is 0.317 e. The lowest BCUT2D eigenvalue weighted by molar-refractivity contribution is 0.135. The molecule has 0 radical (unpaired) electrons. The molecule has 2 heterocycles. The van der Waals surface area contributed by atoms with E-state index in [4.69, 9.17) is 14.2 Å². The summed E-state index contributed by atoms with van der Waals surface area (Å²) in [7, 11) is 1.85. The Hall–Kier alpha value is -3.59. The minimum Gasteiger partial charge on any atom is -0.489 e. The number of nitrogens with zero attached hydrogens (tertiary/aromatic N) is 3. The first-order valence-corrected chi connectivity index (χ1v) is 13.1. The number of hydrogen-bond acceptors (Lipinski definition) is 7. The van der Waals surface area contributed by atoms with E-state index in [1.54, 1.807) is 0 Å². The highest BCUT2D eigenvalue weighted by Crippen LogP contribution is 2.38. The van der Waals surface area contributed by atoms with E-state index in [1.165, 1.54) is 0 Å². The quantitative estimate of drug-likeness (QED) is 0.429. The van der Waals surface area contributed by atoms with Gasteiger partial charge in [-0.15, -0.1) is 0 Å². The smallest absolute Gasteiger partial charge is 0.317 e. The van der Waals surface area contributed by atoms with Gasteiger partial charge in [-0.25, -0.2) is 4.79 Å². The Morgan fingerprint density at radius 3 is 2.76 bits per heavy atom. The number of anilines is 1. The number of nitrogens with one attached hydrogen (secondary N) is 2. The lowest BCUT2D eigenvalue weighted by atomic mass is 9.98. The van der Waals surface area contributed by atoms with E-state index in [-0.39, 0.29) is 24.8 Å². The molecule has 9 nitrogen and oxygen atoms in total. The molecular weight excluding hydrogens is 470 g/mol. The van der Waals surface area contributed by atoms with Crippen LogP contribution in [0.2, 0.25) is 0 Å². The summed E-state index contributed by atoms with van der Waals surface area (Å²) in [4.78, 5) is 19.5. The van der Waals surface area contributed by atoms with Gasteiger partial charge in [0, 0.05) is 37.9 Å². The third-order valence-corrected chi connectivity index (χ3v) is 7.25. The summed E-state index contributed by atoms with van der Waals surface area (Å²) in [5.74, 6) is 2.05. The predicted molar refractivity (Wildman–Crippen MR) is 141 cm³/mol. The molecule has 2 aromatic carbocycles. The molecule has 1 saturated heterocycles. The van der Waals surface area contributed by atoms with E-state index in [1.807, 2.05) is 56.1 Å². The number of benzene rings is 2. The van der Waals surface area contributed by atoms with Gasteiger partial charge in [0.25, 0.3) is 5.89 Å². The van der Waals surface area contributed by atoms with Crippen LogP contribution in [0.25, 0.3) is 22.8 Å². The van der Waals surface area contributed by atoms with Crippen molar-refractivity contribution in [2.24, 2.45) is 5.92 Å². The van der Waals surface area contributed by atoms with Crippen LogP contribution in [0.5, 0.6) is 5.75 Å². The van der Waals surface area contributed by atoms with Crippen LogP contribution in [0.3, 0.4) is 0 Å². The number of hydrogen-bond donors (Lipinski definition) is 3. The molecule has 0 saturated carbocycles. The number of aliphatic hydroxyl groups is 1. The van der Waals surface area contributed by atoms with E-state index in [0.717, 1.165) is 59.4 Å². The van der Waals surface area contributed by atoms with E-state index < -0.39 is 0 Å². The largest absolute Gasteiger partial charge is 0.489 e. The molecule has 2 aliphatic rings. The molecule has 1 aromatic heterocycles. The molecule has 1 unspecified atom stereocenters. The number of rotatable bonds is 7. The van der Waals surface area contributed by atoms with Gasteiger partial charge >= 0.3 is 6.03 Å². The van der Waals surface area contributed by atoms with Crippen LogP contribution in [0.1, 0.15) is 50.3 Å². The summed E-state index contributed by atoms with van der Waals surface area (Å²) in [5, 5.41) is 20.0. The summed E-state index contributed by atoms with van der Waals surface area (Å²) in [6.45, 7) is 5.55. The van der Waals surface area contributed by atoms with Gasteiger partial charge in [-0.3, -0.25) is 0 Å². The average Bonchev–Trinajstić information content (AvgIpc) is 3.56. The molecule has 9 heteroatoms. The van der Waals surface area contributed by atoms with E-state index in [2.05, 4.69) is 21.9 Å². The number of carbonyl (C=O) groups excluding carboxylic acids is 1. The zero-order valence-electron chi connectivity index (χ0n) is 21.7. The summed E-state index contributed by atoms with van der Waals surface area (Å²) < 4.78 is 11.5. The van der Waals surface area contributed by atoms with Crippen molar-refractivity contribution in [1.82, 2.24) is 20.4 Å². The zero-order chi connectivity index (χ0) is 25.9. The van der Waals surface area contributed by atoms with Crippen LogP contribution >= 0.6 is 0 Å². The average molecular weight is 506 g/mol. The Balaban J connectivity index is 1.32. The van der Waals surface area contributed by atoms with Gasteiger partial charge in [-0.2, -0.15) is 4.98 Å². The summed E-state index contributed by atoms with van der Waals surface area (Å²) in [6, 6.07) is 11.8. The second-order valence-corrected chi connectivity index (χ2v) is 10.1. The zero-order valence-corrected chi connectivity index (χ0v) is 21.7. The lowest BCUT2D eigenvalue weighted by Crippen LogP contribution is -2.45. The summed E-state index contributed by atoms with van der Waals surface area (Å²) in [5.41, 5.74) is 4.85. The fourth-order valence-corrected chi connectivity index (χ4v) is 5.24. The standard InChI is InChI=1S/C28H35N5O4/c1-17(2)36-25-10-7-19(15-24(25)29-3)27-31-26(32-37-27)22-6-4-5-21-20(22)8-9-23(21)30-28(35)33-13-11-18(16-34)12-14-33/h4-7,10,15,17-18,23,29,34H,8-9,11-14,16H2,1-3H3,(H,30,35). The second-order valence-electron chi connectivity index (χ2n) is 10.1. The van der Waals surface area contributed by atoms with Crippen molar-refractivity contribution < 1.29 is 19.2 Å². The summed E-state index contributed by atoms with van der Waals surface area (Å²) in [6.07, 6.45) is 3.43. The van der Waals surface area contributed by atoms with Gasteiger partial charge in [0.1, 0.15) is 5.75 Å². The van der Waals surface area contributed by atoms with Gasteiger partial charge in [0.05, 0.1) is 17.8 Å². The Labute approximate surface area is 217 Å². The van der Waals surface area contributed by atoms with Crippen molar-refractivity contribution >= 4 is 11.7 Å². The Bertz CT molecular complexity index is 1250. The second kappa shape index (κ2) is 10.8. The molecule has 1 atom stereocenters. The third-order valence-electron chi connectivity index (χ3n) is 7.25. The van der Waals surface area contributed by atoms with E-state index in [0.29, 0.717) is 30.7 Å². The predicted octanol–water partition coefficient (Wildman–Crippen LogP) is 4.63. The van der Waals surface area contributed by atoms with Gasteiger partial charge in [-0.1, -0.05) is 23.4 Å². The van der Waals surface area contributed by atoms with Crippen LogP contribution < -0.4 is 15.4 Å². The minimum absolute atomic E-state index is 0.0354. The van der Waals surface area contributed by atoms with E-state index in [9.17, 15) is 9.90 Å². The van der Waals surface area contributed by atoms with Crippen LogP contribution in [0.4, 0.5) is 10.5 Å². The SMILES string of the molecule is CNc1cc(-c2nc(-c3cccc4c3CCC4NC(=O)N3CCC(CO)CC3)no2)ccc1OC(C)C. The lowest BCUT2D eigenvalue weighted by Gasteiger charge is -2.32. The Morgan fingerprint density at radius 2 is 2.03 bits per heavy atom. The highest BCUT2D eigenvalue weighted by atomic mass is 16.5. The molecular formula is C28H35N5O4. The van der Waals surface area contributed by atoms with Crippen molar-refractivity contribution in [1.29, 1.82) is 0 Å². The first-order valence-electron chi connectivity index (χ1n) is 13.1. The van der Waals surface area contributed by atoms with Gasteiger partial charge < -0.3 is 29.9 Å². The van der Waals surface area contributed by atoms with Crippen molar-refractivity contribution in [3.8, 4) is 28.6 Å². The fraction of sp³-hybridized carbons (Fsp3) is 0.464. The van der Waals surface area contributed by atoms with Crippen molar-refractivity contribution in [3.05, 3.63) is 47.5 Å². The van der Waals surface area contributed by atoms with Gasteiger partial charge in [0.2, 0.25) is 5.82 Å². The van der Waals surface area contributed by atoms with Crippen molar-refractivity contribution in [2.45, 2.75) is 51.7 Å². The Kier molecular flexibility index (Phi) is 7.32. The molecule has 3 N–H and O–H groups in total. The van der Waals surface area contributed by atoms with Crippen LogP contribution in [0.15, 0.2) is 40.9 Å². The fourth-order valence-electron chi connectivity index (χ4n) is 5.24. The number of fused-ring (bicyclic) bond motifs is 1. The maximum absolute atomic E-state index is 12.9. The molecule has 0 bridgehead atoms. The number of aliphatic hydroxyl groups excluding tert-OH is 1. The highest BCUT2D eigenvalue weighted by Gasteiger charge is 2.30. The van der Waals surface area contributed by atoms with E-state index >= 15 is 0 Å². The van der Waals surface area contributed by atoms with Crippen molar-refractivity contribution in [3.63, 3.8) is 0 Å². The molecule has 1 aliphatic heterocycles. The van der Waals surface area contributed by atoms with Crippen LogP contribution in [-0.2, 0) is 6.42 Å². The number of amides is 2. The summed E-state index contributed by atoms with van der Waals surface area (Å²) >= 11 is 0. The minimum atomic E-state index is -0.0453. The van der Waals surface area contributed by atoms with Gasteiger partial charge in [0.15, 0.2) is 0 Å². The molecule has 0 spiro atoms. The van der Waals surface area contributed by atoms with Crippen LogP contribution in [-0.4, -0.2) is 59.0 Å². The van der Waals surface area contributed by atoms with Gasteiger partial charge in [-0.05, 0) is 74.8 Å². The Morgan fingerprint density at radius 1 is 1.22 bits per heavy atom. The first kappa shape index (κ1) is 25.1. The molecule has 1 aliphatic carbocycles. The highest BCUT2D eigenvalue weighted by molar-refractivity contribution is 5.76. The number of piperidine rings is 1. The normalized spacial score (nSPS) is 17.6. The first-order chi connectivity index (χ1) is 18.0. The molecule has 5 rings (SSSR count). The molecule has 3 aromatic rings. The number of ether oxygens (including phenoxy) is 1.